The van der Waals surface area contributed by atoms with Crippen molar-refractivity contribution in [2.75, 3.05) is 18.5 Å². The van der Waals surface area contributed by atoms with Crippen molar-refractivity contribution in [1.82, 2.24) is 10.6 Å². The molecule has 0 spiro atoms. The van der Waals surface area contributed by atoms with Gasteiger partial charge in [0, 0.05) is 24.7 Å². The van der Waals surface area contributed by atoms with Crippen molar-refractivity contribution in [3.8, 4) is 11.5 Å². The van der Waals surface area contributed by atoms with Gasteiger partial charge in [0.1, 0.15) is 6.04 Å². The molecule has 29 heavy (non-hydrogen) atoms. The van der Waals surface area contributed by atoms with Crippen molar-refractivity contribution >= 4 is 17.6 Å². The maximum atomic E-state index is 12.8. The van der Waals surface area contributed by atoms with Crippen LogP contribution in [-0.4, -0.2) is 31.2 Å². The Morgan fingerprint density at radius 3 is 2.45 bits per heavy atom. The summed E-state index contributed by atoms with van der Waals surface area (Å²) in [5.74, 6) is 0.900. The van der Waals surface area contributed by atoms with Gasteiger partial charge >= 0.3 is 6.03 Å². The van der Waals surface area contributed by atoms with E-state index in [-0.39, 0.29) is 17.9 Å². The van der Waals surface area contributed by atoms with Gasteiger partial charge in [-0.05, 0) is 23.6 Å². The molecular formula is C22H27N3O4. The lowest BCUT2D eigenvalue weighted by atomic mass is 10.0. The van der Waals surface area contributed by atoms with Crippen LogP contribution in [0.25, 0.3) is 0 Å². The number of carbonyl (C=O) groups is 2. The Balaban J connectivity index is 1.59. The Labute approximate surface area is 170 Å². The SMILES string of the molecule is CC(C)C(NC(=O)NCc1ccccc1)C(=O)Nc1ccc2c(c1)OCCCO2. The molecule has 1 atom stereocenters. The monoisotopic (exact) mass is 397 g/mol. The molecule has 1 heterocycles. The third-order valence-corrected chi connectivity index (χ3v) is 4.55. The summed E-state index contributed by atoms with van der Waals surface area (Å²) in [6, 6.07) is 13.8. The van der Waals surface area contributed by atoms with Gasteiger partial charge < -0.3 is 25.4 Å². The first-order valence-electron chi connectivity index (χ1n) is 9.82. The summed E-state index contributed by atoms with van der Waals surface area (Å²) in [7, 11) is 0. The zero-order chi connectivity index (χ0) is 20.6. The number of ether oxygens (including phenoxy) is 2. The number of hydrogen-bond acceptors (Lipinski definition) is 4. The van der Waals surface area contributed by atoms with Crippen LogP contribution in [0.1, 0.15) is 25.8 Å². The van der Waals surface area contributed by atoms with Crippen molar-refractivity contribution in [1.29, 1.82) is 0 Å². The smallest absolute Gasteiger partial charge is 0.315 e. The van der Waals surface area contributed by atoms with Crippen LogP contribution in [0.2, 0.25) is 0 Å². The minimum Gasteiger partial charge on any atom is -0.490 e. The van der Waals surface area contributed by atoms with E-state index in [1.165, 1.54) is 0 Å². The second kappa shape index (κ2) is 9.82. The zero-order valence-corrected chi connectivity index (χ0v) is 16.7. The van der Waals surface area contributed by atoms with Gasteiger partial charge in [0.05, 0.1) is 13.2 Å². The highest BCUT2D eigenvalue weighted by atomic mass is 16.5. The summed E-state index contributed by atoms with van der Waals surface area (Å²) in [5.41, 5.74) is 1.58. The minimum atomic E-state index is -0.679. The van der Waals surface area contributed by atoms with Gasteiger partial charge in [0.15, 0.2) is 11.5 Å². The minimum absolute atomic E-state index is 0.0853. The molecule has 1 aliphatic rings. The van der Waals surface area contributed by atoms with Crippen LogP contribution in [0.3, 0.4) is 0 Å². The summed E-state index contributed by atoms with van der Waals surface area (Å²) in [6.07, 6.45) is 0.813. The average Bonchev–Trinajstić information content (AvgIpc) is 2.96. The van der Waals surface area contributed by atoms with Crippen molar-refractivity contribution in [3.05, 3.63) is 54.1 Å². The molecule has 1 aliphatic heterocycles. The molecule has 154 valence electrons. The number of anilines is 1. The fourth-order valence-corrected chi connectivity index (χ4v) is 2.97. The van der Waals surface area contributed by atoms with Gasteiger partial charge in [-0.2, -0.15) is 0 Å². The van der Waals surface area contributed by atoms with E-state index in [9.17, 15) is 9.59 Å². The highest BCUT2D eigenvalue weighted by molar-refractivity contribution is 5.97. The number of fused-ring (bicyclic) bond motifs is 1. The standard InChI is InChI=1S/C22H27N3O4/c1-15(2)20(25-22(27)23-14-16-7-4-3-5-8-16)21(26)24-17-9-10-18-19(13-17)29-12-6-11-28-18/h3-5,7-10,13,15,20H,6,11-12,14H2,1-2H3,(H,24,26)(H2,23,25,27). The van der Waals surface area contributed by atoms with Crippen LogP contribution in [-0.2, 0) is 11.3 Å². The third kappa shape index (κ3) is 5.88. The molecule has 0 fully saturated rings. The normalized spacial score (nSPS) is 13.9. The molecule has 0 aliphatic carbocycles. The first kappa shape index (κ1) is 20.5. The molecule has 7 nitrogen and oxygen atoms in total. The number of hydrogen-bond donors (Lipinski definition) is 3. The van der Waals surface area contributed by atoms with Gasteiger partial charge in [-0.3, -0.25) is 4.79 Å². The van der Waals surface area contributed by atoms with Gasteiger partial charge in [-0.1, -0.05) is 44.2 Å². The predicted octanol–water partition coefficient (Wildman–Crippen LogP) is 3.31. The molecule has 3 amide bonds. The summed E-state index contributed by atoms with van der Waals surface area (Å²) < 4.78 is 11.3. The molecule has 0 saturated carbocycles. The maximum Gasteiger partial charge on any atom is 0.315 e. The number of urea groups is 1. The Morgan fingerprint density at radius 2 is 1.72 bits per heavy atom. The van der Waals surface area contributed by atoms with Gasteiger partial charge in [-0.25, -0.2) is 4.79 Å². The number of carbonyl (C=O) groups excluding carboxylic acids is 2. The second-order valence-electron chi connectivity index (χ2n) is 7.24. The van der Waals surface area contributed by atoms with Crippen LogP contribution in [0, 0.1) is 5.92 Å². The molecule has 1 unspecified atom stereocenters. The molecule has 0 aromatic heterocycles. The van der Waals surface area contributed by atoms with Gasteiger partial charge in [0.2, 0.25) is 5.91 Å². The Bertz CT molecular complexity index is 839. The van der Waals surface area contributed by atoms with E-state index < -0.39 is 6.04 Å². The van der Waals surface area contributed by atoms with Crippen LogP contribution < -0.4 is 25.4 Å². The van der Waals surface area contributed by atoms with Crippen LogP contribution in [0.4, 0.5) is 10.5 Å². The van der Waals surface area contributed by atoms with Gasteiger partial charge in [-0.15, -0.1) is 0 Å². The second-order valence-corrected chi connectivity index (χ2v) is 7.24. The maximum absolute atomic E-state index is 12.8. The largest absolute Gasteiger partial charge is 0.490 e. The predicted molar refractivity (Wildman–Crippen MR) is 111 cm³/mol. The Hall–Kier alpha value is -3.22. The molecule has 0 radical (unpaired) electrons. The number of nitrogens with one attached hydrogen (secondary N) is 3. The van der Waals surface area contributed by atoms with Crippen LogP contribution >= 0.6 is 0 Å². The molecule has 0 saturated heterocycles. The lowest BCUT2D eigenvalue weighted by Crippen LogP contribution is -2.50. The number of benzene rings is 2. The number of rotatable bonds is 6. The fourth-order valence-electron chi connectivity index (χ4n) is 2.97. The summed E-state index contributed by atoms with van der Waals surface area (Å²) >= 11 is 0. The highest BCUT2D eigenvalue weighted by Gasteiger charge is 2.24. The quantitative estimate of drug-likeness (QED) is 0.698. The van der Waals surface area contributed by atoms with Crippen molar-refractivity contribution in [2.24, 2.45) is 5.92 Å². The highest BCUT2D eigenvalue weighted by Crippen LogP contribution is 2.32. The molecule has 3 N–H and O–H groups in total. The van der Waals surface area contributed by atoms with E-state index in [4.69, 9.17) is 9.47 Å². The van der Waals surface area contributed by atoms with E-state index in [1.807, 2.05) is 44.2 Å². The van der Waals surface area contributed by atoms with Crippen LogP contribution in [0.5, 0.6) is 11.5 Å². The zero-order valence-electron chi connectivity index (χ0n) is 16.7. The first-order chi connectivity index (χ1) is 14.0. The van der Waals surface area contributed by atoms with E-state index in [0.29, 0.717) is 36.9 Å². The summed E-state index contributed by atoms with van der Waals surface area (Å²) in [6.45, 7) is 5.34. The van der Waals surface area contributed by atoms with Crippen molar-refractivity contribution in [2.45, 2.75) is 32.9 Å². The molecule has 2 aromatic rings. The first-order valence-corrected chi connectivity index (χ1v) is 9.82. The molecule has 0 bridgehead atoms. The van der Waals surface area contributed by atoms with Gasteiger partial charge in [0.25, 0.3) is 0 Å². The summed E-state index contributed by atoms with van der Waals surface area (Å²) in [5, 5.41) is 8.40. The molecule has 7 heteroatoms. The van der Waals surface area contributed by atoms with E-state index in [0.717, 1.165) is 12.0 Å². The average molecular weight is 397 g/mol. The van der Waals surface area contributed by atoms with Crippen LogP contribution in [0.15, 0.2) is 48.5 Å². The summed E-state index contributed by atoms with van der Waals surface area (Å²) in [4.78, 5) is 25.1. The molecule has 2 aromatic carbocycles. The number of amides is 3. The van der Waals surface area contributed by atoms with E-state index in [2.05, 4.69) is 16.0 Å². The topological polar surface area (TPSA) is 88.7 Å². The Morgan fingerprint density at radius 1 is 1.00 bits per heavy atom. The molecule has 3 rings (SSSR count). The third-order valence-electron chi connectivity index (χ3n) is 4.55. The fraction of sp³-hybridized carbons (Fsp3) is 0.364. The Kier molecular flexibility index (Phi) is 6.94. The van der Waals surface area contributed by atoms with E-state index in [1.54, 1.807) is 18.2 Å². The van der Waals surface area contributed by atoms with Crippen molar-refractivity contribution < 1.29 is 19.1 Å². The van der Waals surface area contributed by atoms with Crippen molar-refractivity contribution in [3.63, 3.8) is 0 Å². The lowest BCUT2D eigenvalue weighted by molar-refractivity contribution is -0.118. The molecular weight excluding hydrogens is 370 g/mol. The lowest BCUT2D eigenvalue weighted by Gasteiger charge is -2.22. The van der Waals surface area contributed by atoms with E-state index >= 15 is 0 Å².